The topological polar surface area (TPSA) is 120 Å². The number of benzene rings is 1. The molecular formula is C36H63ClO13Si2. The predicted molar refractivity (Wildman–Crippen MR) is 197 cm³/mol. The molecule has 0 aromatic heterocycles. The first-order valence-corrected chi connectivity index (χ1v) is 22.8. The third kappa shape index (κ3) is 11.3. The van der Waals surface area contributed by atoms with Gasteiger partial charge in [-0.05, 0) is 59.9 Å². The average Bonchev–Trinajstić information content (AvgIpc) is 3.46. The molecule has 0 aliphatic carbocycles. The number of rotatable bonds is 23. The Labute approximate surface area is 318 Å². The van der Waals surface area contributed by atoms with Crippen molar-refractivity contribution in [3.8, 4) is 0 Å². The van der Waals surface area contributed by atoms with Gasteiger partial charge >= 0.3 is 18.1 Å². The highest BCUT2D eigenvalue weighted by Gasteiger charge is 2.63. The summed E-state index contributed by atoms with van der Waals surface area (Å²) < 4.78 is 82.4. The van der Waals surface area contributed by atoms with Gasteiger partial charge in [0, 0.05) is 78.5 Å². The van der Waals surface area contributed by atoms with Gasteiger partial charge in [0.2, 0.25) is 0 Å². The summed E-state index contributed by atoms with van der Waals surface area (Å²) in [5, 5.41) is -0.531. The zero-order valence-corrected chi connectivity index (χ0v) is 35.2. The van der Waals surface area contributed by atoms with Crippen LogP contribution < -0.4 is 0 Å². The average molecular weight is 796 g/mol. The molecule has 3 fully saturated rings. The molecule has 13 nitrogen and oxygen atoms in total. The zero-order valence-electron chi connectivity index (χ0n) is 32.4. The number of ether oxygens (including phenoxy) is 5. The van der Waals surface area contributed by atoms with E-state index in [0.29, 0.717) is 78.5 Å². The quantitative estimate of drug-likeness (QED) is 0.0719. The second kappa shape index (κ2) is 21.1. The zero-order chi connectivity index (χ0) is 37.7. The van der Waals surface area contributed by atoms with Gasteiger partial charge in [-0.1, -0.05) is 37.3 Å². The van der Waals surface area contributed by atoms with Crippen LogP contribution in [0.15, 0.2) is 30.3 Å². The van der Waals surface area contributed by atoms with Crippen molar-refractivity contribution in [1.29, 1.82) is 0 Å². The summed E-state index contributed by atoms with van der Waals surface area (Å²) in [6.07, 6.45) is 0.857. The highest BCUT2D eigenvalue weighted by Crippen LogP contribution is 2.53. The Morgan fingerprint density at radius 3 is 1.92 bits per heavy atom. The molecule has 4 rings (SSSR count). The Kier molecular flexibility index (Phi) is 17.9. The van der Waals surface area contributed by atoms with E-state index in [0.717, 1.165) is 12.0 Å². The van der Waals surface area contributed by atoms with Gasteiger partial charge in [-0.3, -0.25) is 0 Å². The molecule has 0 bridgehead atoms. The van der Waals surface area contributed by atoms with Crippen LogP contribution in [0.3, 0.4) is 0 Å². The molecule has 0 amide bonds. The Bertz CT molecular complexity index is 1130. The van der Waals surface area contributed by atoms with E-state index < -0.39 is 53.4 Å². The lowest BCUT2D eigenvalue weighted by Gasteiger charge is -2.54. The van der Waals surface area contributed by atoms with E-state index >= 15 is 0 Å². The third-order valence-corrected chi connectivity index (χ3v) is 15.0. The normalized spacial score (nSPS) is 31.2. The maximum absolute atomic E-state index is 7.14. The van der Waals surface area contributed by atoms with Crippen molar-refractivity contribution >= 4 is 29.7 Å². The number of halogens is 1. The standard InChI is InChI=1S/C36H63ClO13Si2/c1-9-40-51(41-10-2,42-11-3)46-27-33-34(37)32(38-8)24-35(47-33)22-20-28(7)36(50-35)25-31(49-52(43-12-4,44-13-5)45-14-6)30(48-36)21-23-39-26-29-18-16-15-17-19-29/h15-19,28,30-34H,9-14,20-27H2,1-8H3/t28-,30-,31-,32+,33+,34-,35+,36-/m0/s1. The van der Waals surface area contributed by atoms with E-state index in [-0.39, 0.29) is 18.6 Å². The monoisotopic (exact) mass is 794 g/mol. The molecule has 0 N–H and O–H groups in total. The van der Waals surface area contributed by atoms with Crippen LogP contribution in [-0.4, -0.2) is 119 Å². The highest BCUT2D eigenvalue weighted by atomic mass is 35.5. The van der Waals surface area contributed by atoms with E-state index in [2.05, 4.69) is 6.92 Å². The van der Waals surface area contributed by atoms with E-state index in [1.54, 1.807) is 7.11 Å². The molecule has 16 heteroatoms. The predicted octanol–water partition coefficient (Wildman–Crippen LogP) is 6.12. The van der Waals surface area contributed by atoms with Crippen LogP contribution in [0.25, 0.3) is 0 Å². The molecule has 1 aromatic carbocycles. The van der Waals surface area contributed by atoms with E-state index in [1.165, 1.54) is 0 Å². The molecular weight excluding hydrogens is 732 g/mol. The lowest BCUT2D eigenvalue weighted by atomic mass is 9.83. The molecule has 3 aliphatic rings. The van der Waals surface area contributed by atoms with Crippen LogP contribution in [0, 0.1) is 5.92 Å². The van der Waals surface area contributed by atoms with Crippen molar-refractivity contribution in [2.75, 3.05) is 60.0 Å². The fraction of sp³-hybridized carbons (Fsp3) is 0.833. The number of hydrogen-bond acceptors (Lipinski definition) is 13. The fourth-order valence-electron chi connectivity index (χ4n) is 7.14. The summed E-state index contributed by atoms with van der Waals surface area (Å²) >= 11 is 7.02. The highest BCUT2D eigenvalue weighted by molar-refractivity contribution is 6.53. The number of alkyl halides is 1. The van der Waals surface area contributed by atoms with Crippen LogP contribution in [0.4, 0.5) is 0 Å². The minimum atomic E-state index is -3.53. The van der Waals surface area contributed by atoms with Crippen LogP contribution >= 0.6 is 11.6 Å². The summed E-state index contributed by atoms with van der Waals surface area (Å²) in [7, 11) is -5.33. The minimum Gasteiger partial charge on any atom is -0.380 e. The smallest absolute Gasteiger partial charge is 0.380 e. The molecule has 300 valence electrons. The van der Waals surface area contributed by atoms with Crippen molar-refractivity contribution < 1.29 is 59.1 Å². The molecule has 0 unspecified atom stereocenters. The molecule has 0 saturated carbocycles. The van der Waals surface area contributed by atoms with Gasteiger partial charge < -0.3 is 59.1 Å². The van der Waals surface area contributed by atoms with Crippen LogP contribution in [0.2, 0.25) is 0 Å². The van der Waals surface area contributed by atoms with Gasteiger partial charge in [0.15, 0.2) is 11.6 Å². The molecule has 1 aromatic rings. The van der Waals surface area contributed by atoms with Gasteiger partial charge in [-0.25, -0.2) is 0 Å². The molecule has 8 atom stereocenters. The maximum Gasteiger partial charge on any atom is 0.680 e. The SMILES string of the molecule is CCO[Si](OCC)(OCC)OC[C@H]1O[C@@]2(CC[C@H](C)[C@]3(C[C@H](O[Si](OCC)(OCC)OCC)[C@H](CCOCc4ccccc4)O3)O2)C[C@@H](OC)[C@@H]1Cl. The lowest BCUT2D eigenvalue weighted by molar-refractivity contribution is -0.414. The number of hydrogen-bond donors (Lipinski definition) is 0. The second-order valence-corrected chi connectivity index (χ2v) is 17.9. The maximum atomic E-state index is 7.14. The number of methoxy groups -OCH3 is 1. The molecule has 3 saturated heterocycles. The summed E-state index contributed by atoms with van der Waals surface area (Å²) in [4.78, 5) is 0. The molecule has 2 spiro atoms. The fourth-order valence-corrected chi connectivity index (χ4v) is 11.5. The summed E-state index contributed by atoms with van der Waals surface area (Å²) in [6.45, 7) is 16.7. The van der Waals surface area contributed by atoms with Crippen molar-refractivity contribution in [2.24, 2.45) is 5.92 Å². The second-order valence-electron chi connectivity index (χ2n) is 13.1. The van der Waals surface area contributed by atoms with E-state index in [9.17, 15) is 0 Å². The lowest BCUT2D eigenvalue weighted by Crippen LogP contribution is -2.63. The summed E-state index contributed by atoms with van der Waals surface area (Å²) in [5.41, 5.74) is 1.10. The summed E-state index contributed by atoms with van der Waals surface area (Å²) in [5.74, 6) is -2.12. The molecule has 0 radical (unpaired) electrons. The van der Waals surface area contributed by atoms with Crippen molar-refractivity contribution in [3.05, 3.63) is 35.9 Å². The van der Waals surface area contributed by atoms with E-state index in [1.807, 2.05) is 71.9 Å². The first kappa shape index (κ1) is 44.1. The van der Waals surface area contributed by atoms with Crippen molar-refractivity contribution in [3.63, 3.8) is 0 Å². The van der Waals surface area contributed by atoms with Gasteiger partial charge in [0.05, 0.1) is 36.9 Å². The van der Waals surface area contributed by atoms with Crippen molar-refractivity contribution in [2.45, 2.75) is 129 Å². The summed E-state index contributed by atoms with van der Waals surface area (Å²) in [6, 6.07) is 10.1. The van der Waals surface area contributed by atoms with Gasteiger partial charge in [-0.15, -0.1) is 11.6 Å². The largest absolute Gasteiger partial charge is 0.680 e. The molecule has 3 heterocycles. The first-order valence-electron chi connectivity index (χ1n) is 19.1. The van der Waals surface area contributed by atoms with Crippen LogP contribution in [-0.2, 0) is 65.7 Å². The molecule has 3 aliphatic heterocycles. The Morgan fingerprint density at radius 1 is 0.750 bits per heavy atom. The molecule has 52 heavy (non-hydrogen) atoms. The Balaban J connectivity index is 1.58. The van der Waals surface area contributed by atoms with E-state index in [4.69, 9.17) is 70.7 Å². The minimum absolute atomic E-state index is 0.00347. The van der Waals surface area contributed by atoms with Crippen molar-refractivity contribution in [1.82, 2.24) is 0 Å². The van der Waals surface area contributed by atoms with Gasteiger partial charge in [0.1, 0.15) is 6.10 Å². The third-order valence-electron chi connectivity index (χ3n) is 9.52. The van der Waals surface area contributed by atoms with Gasteiger partial charge in [0.25, 0.3) is 0 Å². The van der Waals surface area contributed by atoms with Gasteiger partial charge in [-0.2, -0.15) is 0 Å². The Morgan fingerprint density at radius 2 is 1.35 bits per heavy atom. The van der Waals surface area contributed by atoms with Crippen LogP contribution in [0.1, 0.15) is 86.1 Å². The Hall–Kier alpha value is -0.576. The van der Waals surface area contributed by atoms with Crippen LogP contribution in [0.5, 0.6) is 0 Å². The first-order chi connectivity index (χ1) is 25.1.